The quantitative estimate of drug-likeness (QED) is 0.832. The van der Waals surface area contributed by atoms with Crippen LogP contribution in [0.15, 0.2) is 15.5 Å². The number of nitrogens with zero attached hydrogens (tertiary/aromatic N) is 2. The number of carbonyl (C=O) groups excluding carboxylic acids is 1. The van der Waals surface area contributed by atoms with E-state index in [9.17, 15) is 9.59 Å². The Morgan fingerprint density at radius 2 is 2.33 bits per heavy atom. The Kier molecular flexibility index (Phi) is 2.73. The molecule has 2 rings (SSSR count). The Hall–Kier alpha value is -0.970. The van der Waals surface area contributed by atoms with Crippen molar-refractivity contribution in [3.8, 4) is 0 Å². The summed E-state index contributed by atoms with van der Waals surface area (Å²) in [5.74, 6) is 0.896. The molecule has 0 saturated heterocycles. The first-order valence-electron chi connectivity index (χ1n) is 4.84. The Labute approximate surface area is 95.5 Å². The van der Waals surface area contributed by atoms with Gasteiger partial charge in [-0.05, 0) is 35.7 Å². The molecular formula is C10H11BrN2O2. The predicted molar refractivity (Wildman–Crippen MR) is 58.7 cm³/mol. The average Bonchev–Trinajstić information content (AvgIpc) is 3.02. The van der Waals surface area contributed by atoms with Crippen LogP contribution in [0.25, 0.3) is 0 Å². The van der Waals surface area contributed by atoms with E-state index in [2.05, 4.69) is 20.9 Å². The van der Waals surface area contributed by atoms with Crippen molar-refractivity contribution < 1.29 is 4.79 Å². The molecule has 0 N–H and O–H groups in total. The van der Waals surface area contributed by atoms with Gasteiger partial charge in [0.25, 0.3) is 5.56 Å². The number of rotatable bonds is 3. The molecule has 1 aromatic rings. The van der Waals surface area contributed by atoms with Crippen molar-refractivity contribution in [2.45, 2.75) is 26.3 Å². The minimum absolute atomic E-state index is 0.139. The number of aromatic nitrogens is 2. The maximum Gasteiger partial charge on any atom is 0.268 e. The van der Waals surface area contributed by atoms with Gasteiger partial charge < -0.3 is 0 Å². The normalized spacial score (nSPS) is 15.3. The summed E-state index contributed by atoms with van der Waals surface area (Å²) in [5, 5.41) is 0. The van der Waals surface area contributed by atoms with Gasteiger partial charge in [-0.2, -0.15) is 0 Å². The van der Waals surface area contributed by atoms with Gasteiger partial charge in [0.15, 0.2) is 5.78 Å². The Morgan fingerprint density at radius 3 is 2.93 bits per heavy atom. The zero-order chi connectivity index (χ0) is 11.0. The predicted octanol–water partition coefficient (Wildman–Crippen LogP) is 1.29. The molecule has 4 nitrogen and oxygen atoms in total. The maximum absolute atomic E-state index is 11.7. The van der Waals surface area contributed by atoms with Gasteiger partial charge >= 0.3 is 0 Å². The lowest BCUT2D eigenvalue weighted by Gasteiger charge is -2.07. The first-order chi connectivity index (χ1) is 7.09. The molecule has 15 heavy (non-hydrogen) atoms. The van der Waals surface area contributed by atoms with Crippen LogP contribution in [-0.2, 0) is 11.3 Å². The van der Waals surface area contributed by atoms with E-state index in [1.54, 1.807) is 6.92 Å². The van der Waals surface area contributed by atoms with Crippen molar-refractivity contribution >= 4 is 21.7 Å². The third-order valence-corrected chi connectivity index (χ3v) is 3.10. The summed E-state index contributed by atoms with van der Waals surface area (Å²) in [4.78, 5) is 27.3. The van der Waals surface area contributed by atoms with E-state index in [4.69, 9.17) is 0 Å². The average molecular weight is 271 g/mol. The van der Waals surface area contributed by atoms with Crippen LogP contribution in [0.4, 0.5) is 0 Å². The molecule has 0 atom stereocenters. The molecule has 1 heterocycles. The summed E-state index contributed by atoms with van der Waals surface area (Å²) < 4.78 is 1.82. The molecule has 0 bridgehead atoms. The zero-order valence-corrected chi connectivity index (χ0v) is 9.95. The first kappa shape index (κ1) is 10.5. The molecule has 0 amide bonds. The van der Waals surface area contributed by atoms with E-state index < -0.39 is 0 Å². The topological polar surface area (TPSA) is 52.0 Å². The largest absolute Gasteiger partial charge is 0.297 e. The van der Waals surface area contributed by atoms with E-state index in [1.165, 1.54) is 10.8 Å². The molecule has 0 spiro atoms. The number of aryl methyl sites for hydroxylation is 1. The fourth-order valence-electron chi connectivity index (χ4n) is 1.43. The fourth-order valence-corrected chi connectivity index (χ4v) is 1.74. The van der Waals surface area contributed by atoms with Gasteiger partial charge in [0.05, 0.1) is 6.54 Å². The Bertz CT molecular complexity index is 463. The standard InChI is InChI=1S/C10H11BrN2O2/c1-6-12-4-8(11)10(15)13(6)5-9(14)7-2-3-7/h4,7H,2-3,5H2,1H3. The number of halogens is 1. The van der Waals surface area contributed by atoms with Crippen molar-refractivity contribution in [2.24, 2.45) is 5.92 Å². The van der Waals surface area contributed by atoms with Gasteiger partial charge in [0, 0.05) is 12.1 Å². The van der Waals surface area contributed by atoms with Gasteiger partial charge in [-0.15, -0.1) is 0 Å². The van der Waals surface area contributed by atoms with Crippen molar-refractivity contribution in [1.82, 2.24) is 9.55 Å². The number of carbonyl (C=O) groups is 1. The molecule has 1 fully saturated rings. The molecule has 5 heteroatoms. The second kappa shape index (κ2) is 3.89. The molecular weight excluding hydrogens is 260 g/mol. The molecule has 80 valence electrons. The fraction of sp³-hybridized carbons (Fsp3) is 0.500. The lowest BCUT2D eigenvalue weighted by molar-refractivity contribution is -0.120. The van der Waals surface area contributed by atoms with E-state index >= 15 is 0 Å². The third-order valence-electron chi connectivity index (χ3n) is 2.55. The second-order valence-electron chi connectivity index (χ2n) is 3.79. The van der Waals surface area contributed by atoms with Crippen LogP contribution >= 0.6 is 15.9 Å². The zero-order valence-electron chi connectivity index (χ0n) is 8.36. The van der Waals surface area contributed by atoms with Gasteiger partial charge in [-0.3, -0.25) is 14.2 Å². The monoisotopic (exact) mass is 270 g/mol. The summed E-state index contributed by atoms with van der Waals surface area (Å²) in [6.07, 6.45) is 3.40. The van der Waals surface area contributed by atoms with Crippen molar-refractivity contribution in [3.05, 3.63) is 26.8 Å². The molecule has 0 unspecified atom stereocenters. The molecule has 0 aliphatic heterocycles. The summed E-state index contributed by atoms with van der Waals surface area (Å²) in [5.41, 5.74) is -0.184. The lowest BCUT2D eigenvalue weighted by Crippen LogP contribution is -2.28. The van der Waals surface area contributed by atoms with Crippen LogP contribution in [-0.4, -0.2) is 15.3 Å². The van der Waals surface area contributed by atoms with Crippen LogP contribution < -0.4 is 5.56 Å². The van der Waals surface area contributed by atoms with Crippen molar-refractivity contribution in [1.29, 1.82) is 0 Å². The van der Waals surface area contributed by atoms with Crippen LogP contribution in [0.5, 0.6) is 0 Å². The second-order valence-corrected chi connectivity index (χ2v) is 4.64. The number of ketones is 1. The number of hydrogen-bond acceptors (Lipinski definition) is 3. The van der Waals surface area contributed by atoms with Gasteiger partial charge in [-0.25, -0.2) is 4.98 Å². The van der Waals surface area contributed by atoms with Crippen LogP contribution in [0.1, 0.15) is 18.7 Å². The summed E-state index contributed by atoms with van der Waals surface area (Å²) in [7, 11) is 0. The Morgan fingerprint density at radius 1 is 1.67 bits per heavy atom. The molecule has 1 aliphatic carbocycles. The minimum Gasteiger partial charge on any atom is -0.297 e. The van der Waals surface area contributed by atoms with Crippen LogP contribution in [0, 0.1) is 12.8 Å². The lowest BCUT2D eigenvalue weighted by atomic mass is 10.2. The third kappa shape index (κ3) is 2.17. The highest BCUT2D eigenvalue weighted by molar-refractivity contribution is 9.10. The summed E-state index contributed by atoms with van der Waals surface area (Å²) in [6, 6.07) is 0. The minimum atomic E-state index is -0.184. The van der Waals surface area contributed by atoms with E-state index in [-0.39, 0.29) is 23.8 Å². The maximum atomic E-state index is 11.7. The molecule has 1 aliphatic rings. The first-order valence-corrected chi connectivity index (χ1v) is 5.63. The van der Waals surface area contributed by atoms with E-state index in [0.29, 0.717) is 10.3 Å². The highest BCUT2D eigenvalue weighted by Crippen LogP contribution is 2.30. The smallest absolute Gasteiger partial charge is 0.268 e. The highest BCUT2D eigenvalue weighted by atomic mass is 79.9. The molecule has 0 radical (unpaired) electrons. The molecule has 1 aromatic heterocycles. The van der Waals surface area contributed by atoms with Gasteiger partial charge in [0.2, 0.25) is 0 Å². The SMILES string of the molecule is Cc1ncc(Br)c(=O)n1CC(=O)C1CC1. The van der Waals surface area contributed by atoms with Crippen LogP contribution in [0.3, 0.4) is 0 Å². The van der Waals surface area contributed by atoms with Gasteiger partial charge in [-0.1, -0.05) is 0 Å². The van der Waals surface area contributed by atoms with E-state index in [0.717, 1.165) is 12.8 Å². The van der Waals surface area contributed by atoms with Crippen LogP contribution in [0.2, 0.25) is 0 Å². The van der Waals surface area contributed by atoms with Crippen molar-refractivity contribution in [3.63, 3.8) is 0 Å². The van der Waals surface area contributed by atoms with E-state index in [1.807, 2.05) is 0 Å². The van der Waals surface area contributed by atoms with Crippen molar-refractivity contribution in [2.75, 3.05) is 0 Å². The number of hydrogen-bond donors (Lipinski definition) is 0. The molecule has 0 aromatic carbocycles. The Balaban J connectivity index is 2.30. The number of Topliss-reactive ketones (excluding diaryl/α,β-unsaturated/α-hetero) is 1. The summed E-state index contributed by atoms with van der Waals surface area (Å²) >= 11 is 3.12. The summed E-state index contributed by atoms with van der Waals surface area (Å²) in [6.45, 7) is 1.88. The molecule has 1 saturated carbocycles. The highest BCUT2D eigenvalue weighted by Gasteiger charge is 2.29. The van der Waals surface area contributed by atoms with Gasteiger partial charge in [0.1, 0.15) is 10.3 Å².